The van der Waals surface area contributed by atoms with Gasteiger partial charge in [0.05, 0.1) is 19.0 Å². The molecule has 5 rings (SSSR count). The van der Waals surface area contributed by atoms with Crippen molar-refractivity contribution in [3.8, 4) is 5.75 Å². The highest BCUT2D eigenvalue weighted by atomic mass is 31.2. The van der Waals surface area contributed by atoms with Crippen molar-refractivity contribution in [3.05, 3.63) is 42.5 Å². The fourth-order valence-corrected chi connectivity index (χ4v) is 5.81. The number of nitrogens with one attached hydrogen (secondary N) is 2. The van der Waals surface area contributed by atoms with Crippen LogP contribution in [0.4, 0.5) is 10.2 Å². The van der Waals surface area contributed by atoms with E-state index in [1.165, 1.54) is 17.8 Å². The van der Waals surface area contributed by atoms with Crippen molar-refractivity contribution < 1.29 is 37.4 Å². The Morgan fingerprint density at radius 3 is 2.66 bits per heavy atom. The number of ether oxygens (including phenoxy) is 2. The molecule has 0 amide bonds. The molecule has 3 N–H and O–H groups in total. The lowest BCUT2D eigenvalue weighted by Crippen LogP contribution is -2.37. The van der Waals surface area contributed by atoms with Gasteiger partial charge in [0.1, 0.15) is 29.8 Å². The smallest absolute Gasteiger partial charge is 0.459 e. The van der Waals surface area contributed by atoms with E-state index in [0.717, 1.165) is 12.8 Å². The minimum Gasteiger partial charge on any atom is -0.462 e. The standard InChI is InChI=1S/C26H34FN6O7P/c1-14(2)38-26(35)15(3)32-41(36,40-18-8-6-5-7-9-18)37-12-19-22(34)20(27)25(39-19)33-13-28-21-23(31-17-10-11-17)29-16(4)30-24(21)33/h5-9,13-15,17,19-20,22,25,34H,10-12H2,1-4H3,(H,32,36)(H,29,30,31)/t15-,19+,20+,22+,25+,41?/m0/s1. The number of hydrogen-bond acceptors (Lipinski definition) is 11. The number of aryl methyl sites for hydroxylation is 1. The number of fused-ring (bicyclic) bond motifs is 1. The highest BCUT2D eigenvalue weighted by Gasteiger charge is 2.47. The molecule has 1 saturated heterocycles. The lowest BCUT2D eigenvalue weighted by Gasteiger charge is -2.25. The second kappa shape index (κ2) is 12.0. The Morgan fingerprint density at radius 2 is 1.98 bits per heavy atom. The summed E-state index contributed by atoms with van der Waals surface area (Å²) in [5.74, 6) is 0.558. The third-order valence-corrected chi connectivity index (χ3v) is 8.10. The number of carbonyl (C=O) groups is 1. The van der Waals surface area contributed by atoms with Crippen molar-refractivity contribution in [2.45, 2.75) is 83.3 Å². The molecule has 15 heteroatoms. The fourth-order valence-electron chi connectivity index (χ4n) is 4.30. The van der Waals surface area contributed by atoms with Gasteiger partial charge in [-0.05, 0) is 52.7 Å². The Kier molecular flexibility index (Phi) is 8.57. The molecule has 1 unspecified atom stereocenters. The van der Waals surface area contributed by atoms with Crippen LogP contribution in [-0.2, 0) is 23.4 Å². The van der Waals surface area contributed by atoms with Crippen molar-refractivity contribution >= 4 is 30.7 Å². The maximum absolute atomic E-state index is 15.4. The van der Waals surface area contributed by atoms with E-state index in [1.807, 2.05) is 0 Å². The van der Waals surface area contributed by atoms with Crippen LogP contribution in [0.3, 0.4) is 0 Å². The number of aliphatic hydroxyl groups excluding tert-OH is 1. The van der Waals surface area contributed by atoms with Gasteiger partial charge in [0, 0.05) is 6.04 Å². The average Bonchev–Trinajstić information content (AvgIpc) is 3.57. The van der Waals surface area contributed by atoms with Gasteiger partial charge < -0.3 is 24.4 Å². The van der Waals surface area contributed by atoms with E-state index in [-0.39, 0.29) is 5.75 Å². The molecule has 1 aromatic carbocycles. The highest BCUT2D eigenvalue weighted by molar-refractivity contribution is 7.52. The van der Waals surface area contributed by atoms with Gasteiger partial charge in [0.25, 0.3) is 0 Å². The number of anilines is 1. The fraction of sp³-hybridized carbons (Fsp3) is 0.538. The summed E-state index contributed by atoms with van der Waals surface area (Å²) < 4.78 is 52.8. The van der Waals surface area contributed by atoms with Gasteiger partial charge in [-0.25, -0.2) is 23.9 Å². The molecule has 2 fully saturated rings. The first-order valence-electron chi connectivity index (χ1n) is 13.5. The van der Waals surface area contributed by atoms with Crippen LogP contribution in [0.1, 0.15) is 45.7 Å². The number of hydrogen-bond donors (Lipinski definition) is 3. The molecular weight excluding hydrogens is 558 g/mol. The molecule has 3 heterocycles. The third kappa shape index (κ3) is 6.84. The van der Waals surface area contributed by atoms with E-state index in [9.17, 15) is 14.5 Å². The van der Waals surface area contributed by atoms with Crippen molar-refractivity contribution in [1.82, 2.24) is 24.6 Å². The predicted molar refractivity (Wildman–Crippen MR) is 146 cm³/mol. The molecule has 1 saturated carbocycles. The molecular formula is C26H34FN6O7P. The minimum atomic E-state index is -4.25. The van der Waals surface area contributed by atoms with Crippen LogP contribution in [0.15, 0.2) is 36.7 Å². The molecule has 0 radical (unpaired) electrons. The summed E-state index contributed by atoms with van der Waals surface area (Å²) >= 11 is 0. The number of aromatic nitrogens is 4. The SMILES string of the molecule is Cc1nc(NC2CC2)c2ncn([C@@H]3O[C@H](COP(=O)(N[C@@H](C)C(=O)OC(C)C)Oc4ccccc4)[C@@H](O)[C@H]3F)c2n1. The van der Waals surface area contributed by atoms with Crippen LogP contribution in [0.2, 0.25) is 0 Å². The van der Waals surface area contributed by atoms with E-state index in [0.29, 0.717) is 28.8 Å². The second-order valence-corrected chi connectivity index (χ2v) is 12.1. The summed E-state index contributed by atoms with van der Waals surface area (Å²) in [5, 5.41) is 16.6. The van der Waals surface area contributed by atoms with Gasteiger partial charge >= 0.3 is 13.7 Å². The Morgan fingerprint density at radius 1 is 1.24 bits per heavy atom. The summed E-state index contributed by atoms with van der Waals surface area (Å²) in [5.41, 5.74) is 0.805. The molecule has 0 bridgehead atoms. The van der Waals surface area contributed by atoms with Crippen LogP contribution in [0.5, 0.6) is 5.75 Å². The molecule has 41 heavy (non-hydrogen) atoms. The summed E-state index contributed by atoms with van der Waals surface area (Å²) in [6, 6.07) is 7.45. The summed E-state index contributed by atoms with van der Waals surface area (Å²) in [7, 11) is -4.25. The zero-order valence-electron chi connectivity index (χ0n) is 23.1. The van der Waals surface area contributed by atoms with Crippen LogP contribution in [0, 0.1) is 6.92 Å². The first-order chi connectivity index (χ1) is 19.5. The molecule has 6 atom stereocenters. The van der Waals surface area contributed by atoms with Gasteiger partial charge in [-0.2, -0.15) is 5.09 Å². The van der Waals surface area contributed by atoms with Crippen molar-refractivity contribution in [1.29, 1.82) is 0 Å². The van der Waals surface area contributed by atoms with E-state index in [1.54, 1.807) is 51.1 Å². The molecule has 2 aliphatic rings. The van der Waals surface area contributed by atoms with Crippen molar-refractivity contribution in [2.24, 2.45) is 0 Å². The number of nitrogens with zero attached hydrogens (tertiary/aromatic N) is 4. The number of benzene rings is 1. The minimum absolute atomic E-state index is 0.206. The van der Waals surface area contributed by atoms with Crippen molar-refractivity contribution in [3.63, 3.8) is 0 Å². The maximum atomic E-state index is 15.4. The third-order valence-electron chi connectivity index (χ3n) is 6.45. The van der Waals surface area contributed by atoms with Gasteiger partial charge in [-0.3, -0.25) is 13.9 Å². The van der Waals surface area contributed by atoms with Crippen LogP contribution in [0.25, 0.3) is 11.2 Å². The van der Waals surface area contributed by atoms with E-state index in [4.69, 9.17) is 18.5 Å². The number of para-hydroxylation sites is 1. The number of esters is 1. The zero-order valence-corrected chi connectivity index (χ0v) is 24.0. The molecule has 1 aliphatic carbocycles. The average molecular weight is 593 g/mol. The maximum Gasteiger partial charge on any atom is 0.459 e. The van der Waals surface area contributed by atoms with Gasteiger partial charge in [0.2, 0.25) is 0 Å². The molecule has 13 nitrogen and oxygen atoms in total. The Labute approximate surface area is 236 Å². The lowest BCUT2D eigenvalue weighted by molar-refractivity contribution is -0.149. The number of carbonyl (C=O) groups excluding carboxylic acids is 1. The van der Waals surface area contributed by atoms with Gasteiger partial charge in [-0.15, -0.1) is 0 Å². The number of alkyl halides is 1. The summed E-state index contributed by atoms with van der Waals surface area (Å²) in [6.45, 7) is 6.02. The molecule has 2 aromatic heterocycles. The van der Waals surface area contributed by atoms with Crippen molar-refractivity contribution in [2.75, 3.05) is 11.9 Å². The number of aliphatic hydroxyl groups is 1. The first-order valence-corrected chi connectivity index (χ1v) is 15.0. The highest BCUT2D eigenvalue weighted by Crippen LogP contribution is 2.46. The Balaban J connectivity index is 1.32. The number of halogens is 1. The molecule has 3 aromatic rings. The largest absolute Gasteiger partial charge is 0.462 e. The lowest BCUT2D eigenvalue weighted by atomic mass is 10.1. The van der Waals surface area contributed by atoms with Crippen LogP contribution in [-0.4, -0.2) is 73.8 Å². The van der Waals surface area contributed by atoms with Gasteiger partial charge in [-0.1, -0.05) is 18.2 Å². The molecule has 0 spiro atoms. The predicted octanol–water partition coefficient (Wildman–Crippen LogP) is 3.44. The first kappa shape index (κ1) is 29.3. The number of imidazole rings is 1. The summed E-state index contributed by atoms with van der Waals surface area (Å²) in [4.78, 5) is 25.6. The van der Waals surface area contributed by atoms with E-state index in [2.05, 4.69) is 25.4 Å². The zero-order chi connectivity index (χ0) is 29.3. The Bertz CT molecular complexity index is 1420. The Hall–Kier alpha value is -3.16. The quantitative estimate of drug-likeness (QED) is 0.208. The topological polar surface area (TPSA) is 159 Å². The van der Waals surface area contributed by atoms with E-state index < -0.39 is 57.1 Å². The molecule has 1 aliphatic heterocycles. The summed E-state index contributed by atoms with van der Waals surface area (Å²) in [6.07, 6.45) is -2.96. The van der Waals surface area contributed by atoms with Crippen LogP contribution >= 0.6 is 7.75 Å². The van der Waals surface area contributed by atoms with Gasteiger partial charge in [0.15, 0.2) is 29.4 Å². The monoisotopic (exact) mass is 592 g/mol. The second-order valence-electron chi connectivity index (χ2n) is 10.4. The molecule has 222 valence electrons. The van der Waals surface area contributed by atoms with E-state index >= 15 is 4.39 Å². The number of rotatable bonds is 12. The normalized spacial score (nSPS) is 24.8. The van der Waals surface area contributed by atoms with Crippen LogP contribution < -0.4 is 14.9 Å².